The maximum absolute atomic E-state index is 12.1. The first-order chi connectivity index (χ1) is 14.5. The summed E-state index contributed by atoms with van der Waals surface area (Å²) in [6.45, 7) is 10.1. The molecule has 7 heteroatoms. The molecular formula is C23H30N4O3. The molecule has 0 aliphatic carbocycles. The molecule has 1 aliphatic rings. The van der Waals surface area contributed by atoms with Crippen molar-refractivity contribution in [2.45, 2.75) is 46.2 Å². The van der Waals surface area contributed by atoms with Crippen LogP contribution >= 0.6 is 0 Å². The molecule has 1 saturated heterocycles. The van der Waals surface area contributed by atoms with Gasteiger partial charge in [-0.3, -0.25) is 9.69 Å². The van der Waals surface area contributed by atoms with Gasteiger partial charge >= 0.3 is 6.09 Å². The first-order valence-corrected chi connectivity index (χ1v) is 10.6. The van der Waals surface area contributed by atoms with Crippen molar-refractivity contribution in [2.24, 2.45) is 0 Å². The van der Waals surface area contributed by atoms with Gasteiger partial charge in [-0.15, -0.1) is 0 Å². The number of carbonyl (C=O) groups excluding carboxylic acids is 2. The lowest BCUT2D eigenvalue weighted by Gasteiger charge is -2.37. The first-order valence-electron chi connectivity index (χ1n) is 10.6. The molecule has 1 unspecified atom stereocenters. The molecule has 1 fully saturated rings. The Morgan fingerprint density at radius 2 is 2.03 bits per heavy atom. The summed E-state index contributed by atoms with van der Waals surface area (Å²) in [5, 5.41) is 10.6. The predicted octanol–water partition coefficient (Wildman–Crippen LogP) is 3.58. The highest BCUT2D eigenvalue weighted by Gasteiger charge is 2.26. The summed E-state index contributed by atoms with van der Waals surface area (Å²) in [5.41, 5.74) is 3.13. The van der Waals surface area contributed by atoms with Crippen LogP contribution < -0.4 is 0 Å². The van der Waals surface area contributed by atoms with E-state index in [1.807, 2.05) is 29.7 Å². The molecule has 0 saturated carbocycles. The molecule has 1 aromatic carbocycles. The van der Waals surface area contributed by atoms with Crippen LogP contribution in [0, 0.1) is 18.3 Å². The van der Waals surface area contributed by atoms with Crippen LogP contribution in [0.3, 0.4) is 0 Å². The number of ether oxygens (including phenoxy) is 1. The average molecular weight is 411 g/mol. The molecule has 3 rings (SSSR count). The van der Waals surface area contributed by atoms with Crippen molar-refractivity contribution in [3.63, 3.8) is 0 Å². The van der Waals surface area contributed by atoms with Crippen molar-refractivity contribution in [1.29, 1.82) is 5.26 Å². The molecule has 7 nitrogen and oxygen atoms in total. The van der Waals surface area contributed by atoms with E-state index in [1.54, 1.807) is 4.90 Å². The van der Waals surface area contributed by atoms with Gasteiger partial charge in [0.05, 0.1) is 6.61 Å². The Morgan fingerprint density at radius 1 is 1.30 bits per heavy atom. The Hall–Kier alpha value is -2.85. The number of nitrogens with zero attached hydrogens (tertiary/aromatic N) is 4. The van der Waals surface area contributed by atoms with E-state index in [0.29, 0.717) is 37.5 Å². The number of unbranched alkanes of at least 4 members (excludes halogenated alkanes) is 1. The average Bonchev–Trinajstić information content (AvgIpc) is 3.12. The van der Waals surface area contributed by atoms with Crippen LogP contribution in [0.15, 0.2) is 18.2 Å². The molecule has 160 valence electrons. The molecule has 0 N–H and O–H groups in total. The number of fused-ring (bicyclic) bond motifs is 1. The lowest BCUT2D eigenvalue weighted by molar-refractivity contribution is 0.0629. The van der Waals surface area contributed by atoms with Gasteiger partial charge in [0, 0.05) is 55.2 Å². The molecule has 2 heterocycles. The van der Waals surface area contributed by atoms with Crippen molar-refractivity contribution in [3.05, 3.63) is 35.0 Å². The lowest BCUT2D eigenvalue weighted by atomic mass is 10.1. The Labute approximate surface area is 177 Å². The molecule has 1 atom stereocenters. The van der Waals surface area contributed by atoms with Crippen LogP contribution in [-0.2, 0) is 11.3 Å². The standard InChI is InChI=1S/C23H30N4O3/c1-4-5-12-30-23(29)26-10-8-25(9-11-26)17(2)15-27-20(14-24)13-21-18(3)19(16-28)6-7-22(21)27/h6-7,13,16-17H,4-5,8-12,15H2,1-3H3. The van der Waals surface area contributed by atoms with Gasteiger partial charge < -0.3 is 14.2 Å². The topological polar surface area (TPSA) is 78.6 Å². The van der Waals surface area contributed by atoms with E-state index in [2.05, 4.69) is 24.8 Å². The Morgan fingerprint density at radius 3 is 2.67 bits per heavy atom. The second-order valence-corrected chi connectivity index (χ2v) is 7.92. The Kier molecular flexibility index (Phi) is 7.11. The Bertz CT molecular complexity index is 951. The molecule has 2 aromatic rings. The number of hydrogen-bond acceptors (Lipinski definition) is 5. The zero-order valence-corrected chi connectivity index (χ0v) is 18.1. The molecular weight excluding hydrogens is 380 g/mol. The summed E-state index contributed by atoms with van der Waals surface area (Å²) in [6, 6.07) is 8.10. The minimum Gasteiger partial charge on any atom is -0.449 e. The van der Waals surface area contributed by atoms with Crippen LogP contribution in [0.5, 0.6) is 0 Å². The van der Waals surface area contributed by atoms with E-state index in [1.165, 1.54) is 0 Å². The number of amides is 1. The number of aromatic nitrogens is 1. The van der Waals surface area contributed by atoms with Gasteiger partial charge in [-0.25, -0.2) is 4.79 Å². The zero-order chi connectivity index (χ0) is 21.7. The maximum atomic E-state index is 12.1. The first kappa shape index (κ1) is 21.8. The van der Waals surface area contributed by atoms with Crippen molar-refractivity contribution < 1.29 is 14.3 Å². The van der Waals surface area contributed by atoms with Crippen LogP contribution in [0.1, 0.15) is 48.3 Å². The smallest absolute Gasteiger partial charge is 0.409 e. The number of rotatable bonds is 7. The molecule has 1 amide bonds. The number of aldehydes is 1. The van der Waals surface area contributed by atoms with Gasteiger partial charge in [-0.1, -0.05) is 13.3 Å². The van der Waals surface area contributed by atoms with Gasteiger partial charge in [-0.2, -0.15) is 5.26 Å². The minimum absolute atomic E-state index is 0.206. The lowest BCUT2D eigenvalue weighted by Crippen LogP contribution is -2.52. The molecule has 0 spiro atoms. The van der Waals surface area contributed by atoms with Crippen molar-refractivity contribution in [2.75, 3.05) is 32.8 Å². The fraction of sp³-hybridized carbons (Fsp3) is 0.522. The molecule has 30 heavy (non-hydrogen) atoms. The highest BCUT2D eigenvalue weighted by atomic mass is 16.6. The zero-order valence-electron chi connectivity index (χ0n) is 18.1. The summed E-state index contributed by atoms with van der Waals surface area (Å²) in [5.74, 6) is 0. The number of carbonyl (C=O) groups is 2. The minimum atomic E-state index is -0.222. The fourth-order valence-electron chi connectivity index (χ4n) is 4.03. The largest absolute Gasteiger partial charge is 0.449 e. The third-order valence-electron chi connectivity index (χ3n) is 6.00. The number of piperazine rings is 1. The van der Waals surface area contributed by atoms with E-state index in [-0.39, 0.29) is 12.1 Å². The summed E-state index contributed by atoms with van der Waals surface area (Å²) in [6.07, 6.45) is 2.53. The maximum Gasteiger partial charge on any atom is 0.409 e. The van der Waals surface area contributed by atoms with Crippen LogP contribution in [0.25, 0.3) is 10.9 Å². The number of benzene rings is 1. The predicted molar refractivity (Wildman–Crippen MR) is 116 cm³/mol. The summed E-state index contributed by atoms with van der Waals surface area (Å²) < 4.78 is 7.35. The number of aryl methyl sites for hydroxylation is 1. The van der Waals surface area contributed by atoms with E-state index in [0.717, 1.165) is 48.7 Å². The highest BCUT2D eigenvalue weighted by molar-refractivity contribution is 5.92. The van der Waals surface area contributed by atoms with E-state index >= 15 is 0 Å². The second-order valence-electron chi connectivity index (χ2n) is 7.92. The number of hydrogen-bond donors (Lipinski definition) is 0. The van der Waals surface area contributed by atoms with Gasteiger partial charge in [0.1, 0.15) is 18.0 Å². The fourth-order valence-corrected chi connectivity index (χ4v) is 4.03. The summed E-state index contributed by atoms with van der Waals surface area (Å²) >= 11 is 0. The van der Waals surface area contributed by atoms with Crippen molar-refractivity contribution in [1.82, 2.24) is 14.4 Å². The SMILES string of the molecule is CCCCOC(=O)N1CCN(C(C)Cn2c(C#N)cc3c(C)c(C=O)ccc32)CC1. The normalized spacial score (nSPS) is 15.7. The third-order valence-corrected chi connectivity index (χ3v) is 6.00. The van der Waals surface area contributed by atoms with Crippen LogP contribution in [-0.4, -0.2) is 65.6 Å². The van der Waals surface area contributed by atoms with Crippen LogP contribution in [0.2, 0.25) is 0 Å². The summed E-state index contributed by atoms with van der Waals surface area (Å²) in [4.78, 5) is 27.5. The quantitative estimate of drug-likeness (QED) is 0.515. The number of nitriles is 1. The highest BCUT2D eigenvalue weighted by Crippen LogP contribution is 2.26. The van der Waals surface area contributed by atoms with E-state index in [4.69, 9.17) is 4.74 Å². The summed E-state index contributed by atoms with van der Waals surface area (Å²) in [7, 11) is 0. The Balaban J connectivity index is 1.67. The second kappa shape index (κ2) is 9.77. The van der Waals surface area contributed by atoms with Gasteiger partial charge in [0.15, 0.2) is 0 Å². The van der Waals surface area contributed by atoms with E-state index in [9.17, 15) is 14.9 Å². The molecule has 0 bridgehead atoms. The van der Waals surface area contributed by atoms with E-state index < -0.39 is 0 Å². The van der Waals surface area contributed by atoms with Crippen LogP contribution in [0.4, 0.5) is 4.79 Å². The van der Waals surface area contributed by atoms with Gasteiger partial charge in [-0.05, 0) is 44.0 Å². The van der Waals surface area contributed by atoms with Gasteiger partial charge in [0.2, 0.25) is 0 Å². The van der Waals surface area contributed by atoms with Crippen molar-refractivity contribution >= 4 is 23.3 Å². The molecule has 1 aliphatic heterocycles. The third kappa shape index (κ3) is 4.49. The molecule has 0 radical (unpaired) electrons. The monoisotopic (exact) mass is 410 g/mol. The molecule has 1 aromatic heterocycles. The van der Waals surface area contributed by atoms with Gasteiger partial charge in [0.25, 0.3) is 0 Å². The van der Waals surface area contributed by atoms with Crippen molar-refractivity contribution in [3.8, 4) is 6.07 Å².